The summed E-state index contributed by atoms with van der Waals surface area (Å²) in [5.74, 6) is 0. The van der Waals surface area contributed by atoms with Gasteiger partial charge in [0.15, 0.2) is 0 Å². The molecule has 0 saturated carbocycles. The average molecular weight is 326 g/mol. The van der Waals surface area contributed by atoms with Crippen molar-refractivity contribution in [1.29, 1.82) is 10.8 Å². The first-order valence-electron chi connectivity index (χ1n) is 5.53. The topological polar surface area (TPSA) is 136 Å². The Morgan fingerprint density at radius 3 is 2.00 bits per heavy atom. The molecule has 0 spiro atoms. The van der Waals surface area contributed by atoms with Crippen molar-refractivity contribution in [2.75, 3.05) is 0 Å². The third-order valence-electron chi connectivity index (χ3n) is 2.72. The van der Waals surface area contributed by atoms with Gasteiger partial charge in [-0.15, -0.1) is 0 Å². The van der Waals surface area contributed by atoms with E-state index in [4.69, 9.17) is 15.4 Å². The van der Waals surface area contributed by atoms with E-state index < -0.39 is 41.2 Å². The van der Waals surface area contributed by atoms with Crippen LogP contribution in [0.1, 0.15) is 0 Å². The molecule has 0 heterocycles. The van der Waals surface area contributed by atoms with Crippen molar-refractivity contribution in [2.24, 2.45) is 0 Å². The number of sulfone groups is 1. The Bertz CT molecular complexity index is 894. The summed E-state index contributed by atoms with van der Waals surface area (Å²) in [4.78, 5) is -2.04. The highest BCUT2D eigenvalue weighted by Gasteiger charge is 2.35. The third-order valence-corrected chi connectivity index (χ3v) is 5.60. The molecule has 1 aliphatic rings. The van der Waals surface area contributed by atoms with E-state index in [1.165, 1.54) is 24.3 Å². The summed E-state index contributed by atoms with van der Waals surface area (Å²) in [6, 6.07) is 6.92. The van der Waals surface area contributed by atoms with Crippen LogP contribution >= 0.6 is 0 Å². The van der Waals surface area contributed by atoms with Crippen LogP contribution < -0.4 is 0 Å². The third kappa shape index (κ3) is 2.71. The molecule has 0 aromatic heterocycles. The zero-order chi connectivity index (χ0) is 15.8. The van der Waals surface area contributed by atoms with Gasteiger partial charge in [0.05, 0.1) is 16.3 Å². The largest absolute Gasteiger partial charge is 0.299 e. The fourth-order valence-electron chi connectivity index (χ4n) is 1.75. The predicted octanol–water partition coefficient (Wildman–Crippen LogP) is 1.17. The first-order valence-corrected chi connectivity index (χ1v) is 8.46. The van der Waals surface area contributed by atoms with Gasteiger partial charge in [0, 0.05) is 0 Å². The lowest BCUT2D eigenvalue weighted by Crippen LogP contribution is -2.26. The monoisotopic (exact) mass is 326 g/mol. The summed E-state index contributed by atoms with van der Waals surface area (Å²) < 4.78 is 56.8. The van der Waals surface area contributed by atoms with Crippen molar-refractivity contribution in [3.8, 4) is 0 Å². The number of hydrogen-bond donors (Lipinski definition) is 3. The highest BCUT2D eigenvalue weighted by atomic mass is 32.2. The van der Waals surface area contributed by atoms with Crippen molar-refractivity contribution >= 4 is 31.4 Å². The molecule has 0 amide bonds. The van der Waals surface area contributed by atoms with Gasteiger partial charge in [0.25, 0.3) is 10.1 Å². The molecule has 110 valence electrons. The number of rotatable bonds is 3. The number of nitrogens with one attached hydrogen (secondary N) is 2. The van der Waals surface area contributed by atoms with E-state index in [0.29, 0.717) is 0 Å². The van der Waals surface area contributed by atoms with Gasteiger partial charge in [-0.2, -0.15) is 8.42 Å². The smallest absolute Gasteiger partial charge is 0.295 e. The molecule has 1 aliphatic carbocycles. The van der Waals surface area contributed by atoms with E-state index in [2.05, 4.69) is 0 Å². The van der Waals surface area contributed by atoms with E-state index in [-0.39, 0.29) is 4.90 Å². The molecular weight excluding hydrogens is 316 g/mol. The molecule has 0 saturated heterocycles. The average Bonchev–Trinajstić information content (AvgIpc) is 2.41. The van der Waals surface area contributed by atoms with Crippen LogP contribution in [-0.4, -0.2) is 32.8 Å². The SMILES string of the molecule is N=C1C=CC(S(=O)(=O)O)=C(S(=O)(=O)c2ccccc2)C1=N. The Labute approximate surface area is 121 Å². The molecule has 0 atom stereocenters. The minimum absolute atomic E-state index is 0.228. The Balaban J connectivity index is 2.84. The lowest BCUT2D eigenvalue weighted by Gasteiger charge is -2.16. The molecule has 0 fully saturated rings. The van der Waals surface area contributed by atoms with E-state index in [9.17, 15) is 16.8 Å². The summed E-state index contributed by atoms with van der Waals surface area (Å²) in [7, 11) is -9.20. The van der Waals surface area contributed by atoms with Gasteiger partial charge in [-0.25, -0.2) is 8.42 Å². The fourth-order valence-corrected chi connectivity index (χ4v) is 4.44. The van der Waals surface area contributed by atoms with Gasteiger partial charge < -0.3 is 0 Å². The lowest BCUT2D eigenvalue weighted by atomic mass is 10.1. The quantitative estimate of drug-likeness (QED) is 0.565. The number of allylic oxidation sites excluding steroid dienone is 3. The Morgan fingerprint density at radius 2 is 1.48 bits per heavy atom. The van der Waals surface area contributed by atoms with Crippen LogP contribution in [-0.2, 0) is 20.0 Å². The number of benzene rings is 1. The molecular formula is C12H10N2O5S2. The van der Waals surface area contributed by atoms with E-state index in [1.54, 1.807) is 6.07 Å². The molecule has 9 heteroatoms. The van der Waals surface area contributed by atoms with Crippen LogP contribution in [0.25, 0.3) is 0 Å². The summed E-state index contributed by atoms with van der Waals surface area (Å²) in [5.41, 5.74) is -1.24. The predicted molar refractivity (Wildman–Crippen MR) is 76.8 cm³/mol. The molecule has 21 heavy (non-hydrogen) atoms. The van der Waals surface area contributed by atoms with Crippen molar-refractivity contribution < 1.29 is 21.4 Å². The second-order valence-corrected chi connectivity index (χ2v) is 7.38. The Hall–Kier alpha value is -2.10. The standard InChI is InChI=1S/C12H10N2O5S2/c13-9-6-7-10(21(17,18)19)12(11(9)14)20(15,16)8-4-2-1-3-5-8/h1-7,13-14H,(H,17,18,19). The Kier molecular flexibility index (Phi) is 3.66. The second-order valence-electron chi connectivity index (χ2n) is 4.11. The summed E-state index contributed by atoms with van der Waals surface area (Å²) in [5, 5.41) is 15.2. The van der Waals surface area contributed by atoms with Gasteiger partial charge in [-0.05, 0) is 24.3 Å². The highest BCUT2D eigenvalue weighted by molar-refractivity contribution is 7.98. The maximum atomic E-state index is 12.5. The van der Waals surface area contributed by atoms with Crippen LogP contribution in [0.15, 0.2) is 57.2 Å². The van der Waals surface area contributed by atoms with Gasteiger partial charge in [0.2, 0.25) is 9.84 Å². The van der Waals surface area contributed by atoms with Crippen molar-refractivity contribution in [3.63, 3.8) is 0 Å². The van der Waals surface area contributed by atoms with Crippen LogP contribution in [0.4, 0.5) is 0 Å². The van der Waals surface area contributed by atoms with Gasteiger partial charge in [0.1, 0.15) is 9.81 Å². The normalized spacial score (nSPS) is 16.4. The van der Waals surface area contributed by atoms with E-state index >= 15 is 0 Å². The molecule has 1 aromatic rings. The van der Waals surface area contributed by atoms with Gasteiger partial charge in [-0.1, -0.05) is 18.2 Å². The summed E-state index contributed by atoms with van der Waals surface area (Å²) >= 11 is 0. The molecule has 0 unspecified atom stereocenters. The minimum Gasteiger partial charge on any atom is -0.299 e. The minimum atomic E-state index is -4.85. The van der Waals surface area contributed by atoms with Crippen LogP contribution in [0.2, 0.25) is 0 Å². The van der Waals surface area contributed by atoms with E-state index in [1.807, 2.05) is 0 Å². The zero-order valence-corrected chi connectivity index (χ0v) is 12.1. The molecule has 0 bridgehead atoms. The maximum absolute atomic E-state index is 12.5. The van der Waals surface area contributed by atoms with Gasteiger partial charge >= 0.3 is 0 Å². The molecule has 0 radical (unpaired) electrons. The van der Waals surface area contributed by atoms with Crippen LogP contribution in [0.5, 0.6) is 0 Å². The number of hydrogen-bond acceptors (Lipinski definition) is 6. The van der Waals surface area contributed by atoms with Gasteiger partial charge in [-0.3, -0.25) is 15.4 Å². The first-order chi connectivity index (χ1) is 9.65. The van der Waals surface area contributed by atoms with Crippen molar-refractivity contribution in [2.45, 2.75) is 4.90 Å². The molecule has 3 N–H and O–H groups in total. The van der Waals surface area contributed by atoms with E-state index in [0.717, 1.165) is 12.2 Å². The second kappa shape index (κ2) is 5.02. The van der Waals surface area contributed by atoms with Crippen molar-refractivity contribution in [3.05, 3.63) is 52.3 Å². The first kappa shape index (κ1) is 15.3. The summed E-state index contributed by atoms with van der Waals surface area (Å²) in [6.07, 6.45) is 1.74. The Morgan fingerprint density at radius 1 is 0.905 bits per heavy atom. The summed E-state index contributed by atoms with van der Waals surface area (Å²) in [6.45, 7) is 0. The molecule has 7 nitrogen and oxygen atoms in total. The molecule has 2 rings (SSSR count). The highest BCUT2D eigenvalue weighted by Crippen LogP contribution is 2.28. The lowest BCUT2D eigenvalue weighted by molar-refractivity contribution is 0.492. The van der Waals surface area contributed by atoms with Crippen molar-refractivity contribution in [1.82, 2.24) is 0 Å². The molecule has 1 aromatic carbocycles. The van der Waals surface area contributed by atoms with Crippen LogP contribution in [0, 0.1) is 10.8 Å². The zero-order valence-electron chi connectivity index (χ0n) is 10.4. The molecule has 0 aliphatic heterocycles. The fraction of sp³-hybridized carbons (Fsp3) is 0. The maximum Gasteiger partial charge on any atom is 0.295 e. The van der Waals surface area contributed by atoms with Crippen LogP contribution in [0.3, 0.4) is 0 Å².